The summed E-state index contributed by atoms with van der Waals surface area (Å²) in [5.74, 6) is 0.751. The van der Waals surface area contributed by atoms with Crippen molar-refractivity contribution >= 4 is 47.8 Å². The van der Waals surface area contributed by atoms with Crippen molar-refractivity contribution in [2.75, 3.05) is 0 Å². The third kappa shape index (κ3) is 3.68. The van der Waals surface area contributed by atoms with Crippen LogP contribution < -0.4 is 5.56 Å². The predicted molar refractivity (Wildman–Crippen MR) is 121 cm³/mol. The van der Waals surface area contributed by atoms with Crippen LogP contribution in [0.3, 0.4) is 0 Å². The second-order valence-corrected chi connectivity index (χ2v) is 15.3. The first-order chi connectivity index (χ1) is 12.3. The maximum absolute atomic E-state index is 13.3. The first-order valence-corrected chi connectivity index (χ1v) is 13.6. The Labute approximate surface area is 176 Å². The van der Waals surface area contributed by atoms with Crippen LogP contribution in [0.4, 0.5) is 0 Å². The second kappa shape index (κ2) is 7.01. The SMILES string of the molecule is Cc1cc(Br)c2nc(C)n(C3CC(O[Si](C)(C)C(C)(C)C)C3)c(=O)c2c1S. The molecule has 0 unspecified atom stereocenters. The molecule has 7 heteroatoms. The molecule has 1 aliphatic rings. The minimum atomic E-state index is -1.78. The first-order valence-electron chi connectivity index (χ1n) is 9.42. The molecule has 1 aromatic carbocycles. The fraction of sp³-hybridized carbons (Fsp3) is 0.600. The zero-order valence-corrected chi connectivity index (χ0v) is 20.7. The summed E-state index contributed by atoms with van der Waals surface area (Å²) in [5, 5.41) is 0.796. The lowest BCUT2D eigenvalue weighted by Gasteiger charge is -2.45. The summed E-state index contributed by atoms with van der Waals surface area (Å²) in [6.45, 7) is 15.2. The molecule has 27 heavy (non-hydrogen) atoms. The van der Waals surface area contributed by atoms with E-state index in [-0.39, 0.29) is 22.7 Å². The van der Waals surface area contributed by atoms with Crippen LogP contribution in [0, 0.1) is 13.8 Å². The van der Waals surface area contributed by atoms with E-state index in [2.05, 4.69) is 62.4 Å². The highest BCUT2D eigenvalue weighted by Gasteiger charge is 2.43. The molecular weight excluding hydrogens is 440 g/mol. The van der Waals surface area contributed by atoms with E-state index in [1.165, 1.54) is 0 Å². The van der Waals surface area contributed by atoms with Gasteiger partial charge in [0.2, 0.25) is 0 Å². The maximum Gasteiger partial charge on any atom is 0.262 e. The summed E-state index contributed by atoms with van der Waals surface area (Å²) < 4.78 is 9.19. The molecule has 4 nitrogen and oxygen atoms in total. The van der Waals surface area contributed by atoms with Crippen molar-refractivity contribution in [3.63, 3.8) is 0 Å². The van der Waals surface area contributed by atoms with Crippen LogP contribution in [0.2, 0.25) is 18.1 Å². The quantitative estimate of drug-likeness (QED) is 0.457. The van der Waals surface area contributed by atoms with E-state index in [0.717, 1.165) is 28.7 Å². The van der Waals surface area contributed by atoms with Gasteiger partial charge in [-0.15, -0.1) is 12.6 Å². The number of thiol groups is 1. The Kier molecular flexibility index (Phi) is 5.47. The summed E-state index contributed by atoms with van der Waals surface area (Å²) in [7, 11) is -1.78. The van der Waals surface area contributed by atoms with Crippen LogP contribution in [-0.2, 0) is 4.43 Å². The largest absolute Gasteiger partial charge is 0.414 e. The molecule has 1 saturated carbocycles. The van der Waals surface area contributed by atoms with E-state index >= 15 is 0 Å². The van der Waals surface area contributed by atoms with Gasteiger partial charge in [0.05, 0.1) is 10.9 Å². The average Bonchev–Trinajstić information content (AvgIpc) is 2.48. The topological polar surface area (TPSA) is 44.1 Å². The smallest absolute Gasteiger partial charge is 0.262 e. The van der Waals surface area contributed by atoms with Gasteiger partial charge in [-0.2, -0.15) is 0 Å². The monoisotopic (exact) mass is 468 g/mol. The van der Waals surface area contributed by atoms with Gasteiger partial charge in [-0.05, 0) is 72.4 Å². The van der Waals surface area contributed by atoms with Crippen molar-refractivity contribution in [1.29, 1.82) is 0 Å². The molecule has 0 atom stereocenters. The normalized spacial score (nSPS) is 20.8. The summed E-state index contributed by atoms with van der Waals surface area (Å²) in [5.41, 5.74) is 1.67. The first kappa shape index (κ1) is 21.1. The third-order valence-electron chi connectivity index (χ3n) is 6.17. The van der Waals surface area contributed by atoms with Gasteiger partial charge in [-0.25, -0.2) is 4.98 Å². The van der Waals surface area contributed by atoms with E-state index in [9.17, 15) is 4.79 Å². The summed E-state index contributed by atoms with van der Waals surface area (Å²) >= 11 is 8.13. The number of aryl methyl sites for hydroxylation is 2. The van der Waals surface area contributed by atoms with E-state index in [1.54, 1.807) is 0 Å². The zero-order valence-electron chi connectivity index (χ0n) is 17.2. The van der Waals surface area contributed by atoms with Crippen molar-refractivity contribution in [2.24, 2.45) is 0 Å². The van der Waals surface area contributed by atoms with Crippen LogP contribution in [-0.4, -0.2) is 24.0 Å². The van der Waals surface area contributed by atoms with Gasteiger partial charge < -0.3 is 4.43 Å². The second-order valence-electron chi connectivity index (χ2n) is 9.21. The van der Waals surface area contributed by atoms with Gasteiger partial charge in [0.15, 0.2) is 8.32 Å². The van der Waals surface area contributed by atoms with Crippen LogP contribution in [0.1, 0.15) is 51.0 Å². The highest BCUT2D eigenvalue weighted by atomic mass is 79.9. The Balaban J connectivity index is 1.92. The molecular formula is C20H29BrN2O2SSi. The Bertz CT molecular complexity index is 959. The number of hydrogen-bond acceptors (Lipinski definition) is 4. The molecule has 1 fully saturated rings. The molecule has 148 valence electrons. The highest BCUT2D eigenvalue weighted by molar-refractivity contribution is 9.10. The molecule has 3 rings (SSSR count). The molecule has 0 bridgehead atoms. The minimum Gasteiger partial charge on any atom is -0.414 e. The lowest BCUT2D eigenvalue weighted by Crippen LogP contribution is -2.49. The number of benzene rings is 1. The van der Waals surface area contributed by atoms with E-state index in [1.807, 2.05) is 24.5 Å². The lowest BCUT2D eigenvalue weighted by atomic mass is 9.89. The van der Waals surface area contributed by atoms with E-state index in [0.29, 0.717) is 15.8 Å². The van der Waals surface area contributed by atoms with Crippen LogP contribution in [0.5, 0.6) is 0 Å². The van der Waals surface area contributed by atoms with Crippen molar-refractivity contribution in [3.05, 3.63) is 32.3 Å². The Morgan fingerprint density at radius 2 is 1.89 bits per heavy atom. The number of aromatic nitrogens is 2. The number of rotatable bonds is 3. The highest BCUT2D eigenvalue weighted by Crippen LogP contribution is 2.43. The van der Waals surface area contributed by atoms with Crippen molar-refractivity contribution in [2.45, 2.75) is 82.6 Å². The Morgan fingerprint density at radius 1 is 1.30 bits per heavy atom. The van der Waals surface area contributed by atoms with Crippen molar-refractivity contribution in [3.8, 4) is 0 Å². The predicted octanol–water partition coefficient (Wildman–Crippen LogP) is 5.79. The Morgan fingerprint density at radius 3 is 2.44 bits per heavy atom. The number of halogens is 1. The molecule has 0 saturated heterocycles. The zero-order chi connectivity index (χ0) is 20.3. The molecule has 0 N–H and O–H groups in total. The van der Waals surface area contributed by atoms with Crippen molar-refractivity contribution in [1.82, 2.24) is 9.55 Å². The summed E-state index contributed by atoms with van der Waals surface area (Å²) in [6.07, 6.45) is 1.97. The summed E-state index contributed by atoms with van der Waals surface area (Å²) in [4.78, 5) is 18.7. The average molecular weight is 470 g/mol. The minimum absolute atomic E-state index is 0.00248. The van der Waals surface area contributed by atoms with Gasteiger partial charge in [-0.1, -0.05) is 20.8 Å². The number of hydrogen-bond donors (Lipinski definition) is 1. The fourth-order valence-corrected chi connectivity index (χ4v) is 5.69. The molecule has 1 heterocycles. The van der Waals surface area contributed by atoms with Gasteiger partial charge in [0, 0.05) is 21.5 Å². The van der Waals surface area contributed by atoms with Gasteiger partial charge in [0.1, 0.15) is 5.82 Å². The van der Waals surface area contributed by atoms with Crippen LogP contribution in [0.15, 0.2) is 20.2 Å². The summed E-state index contributed by atoms with van der Waals surface area (Å²) in [6, 6.07) is 2.11. The van der Waals surface area contributed by atoms with Crippen LogP contribution >= 0.6 is 28.6 Å². The van der Waals surface area contributed by atoms with Crippen molar-refractivity contribution < 1.29 is 4.43 Å². The van der Waals surface area contributed by atoms with E-state index < -0.39 is 8.32 Å². The molecule has 0 radical (unpaired) electrons. The number of fused-ring (bicyclic) bond motifs is 1. The fourth-order valence-electron chi connectivity index (χ4n) is 3.42. The third-order valence-corrected chi connectivity index (χ3v) is 11.9. The lowest BCUT2D eigenvalue weighted by molar-refractivity contribution is 0.0554. The molecule has 2 aromatic rings. The molecule has 1 aromatic heterocycles. The molecule has 0 aliphatic heterocycles. The standard InChI is InChI=1S/C20H29BrN2O2SSi/c1-11-8-15(21)17-16(18(11)26)19(24)23(12(2)22-17)13-9-14(10-13)25-27(6,7)20(3,4)5/h8,13-14,26H,9-10H2,1-7H3. The van der Waals surface area contributed by atoms with Gasteiger partial charge >= 0.3 is 0 Å². The molecule has 0 spiro atoms. The maximum atomic E-state index is 13.3. The molecule has 1 aliphatic carbocycles. The van der Waals surface area contributed by atoms with Crippen LogP contribution in [0.25, 0.3) is 10.9 Å². The molecule has 0 amide bonds. The Hall–Kier alpha value is -0.633. The van der Waals surface area contributed by atoms with Gasteiger partial charge in [-0.3, -0.25) is 9.36 Å². The van der Waals surface area contributed by atoms with Gasteiger partial charge in [0.25, 0.3) is 5.56 Å². The van der Waals surface area contributed by atoms with E-state index in [4.69, 9.17) is 9.41 Å². The number of nitrogens with zero attached hydrogens (tertiary/aromatic N) is 2.